The molecular weight excluding hydrogens is 266 g/mol. The topological polar surface area (TPSA) is 74.2 Å². The first-order valence-electron chi connectivity index (χ1n) is 6.17. The monoisotopic (exact) mass is 279 g/mol. The molecule has 2 aromatic rings. The molecule has 1 aromatic carbocycles. The lowest BCUT2D eigenvalue weighted by Crippen LogP contribution is -2.37. The van der Waals surface area contributed by atoms with Crippen molar-refractivity contribution in [2.24, 2.45) is 5.73 Å². The summed E-state index contributed by atoms with van der Waals surface area (Å²) in [5.41, 5.74) is 6.92. The van der Waals surface area contributed by atoms with Crippen molar-refractivity contribution < 1.29 is 9.26 Å². The van der Waals surface area contributed by atoms with Gasteiger partial charge in [-0.05, 0) is 30.7 Å². The van der Waals surface area contributed by atoms with Crippen LogP contribution >= 0.6 is 11.6 Å². The van der Waals surface area contributed by atoms with Crippen molar-refractivity contribution in [3.63, 3.8) is 0 Å². The Morgan fingerprint density at radius 2 is 2.05 bits per heavy atom. The van der Waals surface area contributed by atoms with E-state index in [9.17, 15) is 0 Å². The van der Waals surface area contributed by atoms with Crippen LogP contribution in [0.4, 0.5) is 0 Å². The van der Waals surface area contributed by atoms with Crippen molar-refractivity contribution >= 4 is 11.6 Å². The molecule has 1 aliphatic rings. The Bertz CT molecular complexity index is 555. The molecule has 6 heteroatoms. The molecular formula is C13H14ClN3O2. The fourth-order valence-electron chi connectivity index (χ4n) is 2.11. The molecule has 0 spiro atoms. The van der Waals surface area contributed by atoms with Gasteiger partial charge in [0.05, 0.1) is 12.5 Å². The summed E-state index contributed by atoms with van der Waals surface area (Å²) in [5, 5.41) is 4.66. The Kier molecular flexibility index (Phi) is 3.50. The fourth-order valence-corrected chi connectivity index (χ4v) is 2.24. The standard InChI is InChI=1S/C13H14ClN3O2/c14-9-3-1-8(2-4-9)12-16-13(19-17-12)10-7-18-6-5-11(10)15/h1-4,10-11H,5-7,15H2. The number of benzene rings is 1. The second-order valence-electron chi connectivity index (χ2n) is 4.60. The highest BCUT2D eigenvalue weighted by molar-refractivity contribution is 6.30. The summed E-state index contributed by atoms with van der Waals surface area (Å²) in [5.74, 6) is 1.06. The van der Waals surface area contributed by atoms with Crippen molar-refractivity contribution in [1.29, 1.82) is 0 Å². The van der Waals surface area contributed by atoms with E-state index in [2.05, 4.69) is 10.1 Å². The maximum absolute atomic E-state index is 6.05. The number of hydrogen-bond acceptors (Lipinski definition) is 5. The zero-order valence-corrected chi connectivity index (χ0v) is 11.0. The first-order chi connectivity index (χ1) is 9.24. The average Bonchev–Trinajstić information content (AvgIpc) is 2.89. The van der Waals surface area contributed by atoms with Crippen molar-refractivity contribution in [2.75, 3.05) is 13.2 Å². The smallest absolute Gasteiger partial charge is 0.233 e. The lowest BCUT2D eigenvalue weighted by Gasteiger charge is -2.25. The van der Waals surface area contributed by atoms with Gasteiger partial charge in [-0.3, -0.25) is 0 Å². The van der Waals surface area contributed by atoms with Crippen LogP contribution in [0.25, 0.3) is 11.4 Å². The molecule has 19 heavy (non-hydrogen) atoms. The van der Waals surface area contributed by atoms with Crippen LogP contribution < -0.4 is 5.73 Å². The lowest BCUT2D eigenvalue weighted by atomic mass is 9.97. The second kappa shape index (κ2) is 5.28. The number of hydrogen-bond donors (Lipinski definition) is 1. The number of aromatic nitrogens is 2. The molecule has 100 valence electrons. The molecule has 2 unspecified atom stereocenters. The van der Waals surface area contributed by atoms with Gasteiger partial charge in [0.2, 0.25) is 11.7 Å². The van der Waals surface area contributed by atoms with Gasteiger partial charge >= 0.3 is 0 Å². The van der Waals surface area contributed by atoms with Crippen molar-refractivity contribution in [2.45, 2.75) is 18.4 Å². The molecule has 0 amide bonds. The average molecular weight is 280 g/mol. The number of halogens is 1. The van der Waals surface area contributed by atoms with Crippen molar-refractivity contribution in [3.05, 3.63) is 35.2 Å². The molecule has 3 rings (SSSR count). The summed E-state index contributed by atoms with van der Waals surface area (Å²) in [7, 11) is 0. The maximum Gasteiger partial charge on any atom is 0.233 e. The minimum atomic E-state index is -0.0256. The van der Waals surface area contributed by atoms with Gasteiger partial charge in [-0.15, -0.1) is 0 Å². The molecule has 0 saturated carbocycles. The summed E-state index contributed by atoms with van der Waals surface area (Å²) in [4.78, 5) is 4.40. The summed E-state index contributed by atoms with van der Waals surface area (Å²) in [6, 6.07) is 7.31. The minimum Gasteiger partial charge on any atom is -0.381 e. The molecule has 1 aromatic heterocycles. The van der Waals surface area contributed by atoms with Gasteiger partial charge in [0.1, 0.15) is 0 Å². The van der Waals surface area contributed by atoms with Crippen LogP contribution in [0, 0.1) is 0 Å². The van der Waals surface area contributed by atoms with Gasteiger partial charge in [-0.25, -0.2) is 0 Å². The van der Waals surface area contributed by atoms with E-state index in [1.54, 1.807) is 12.1 Å². The molecule has 1 aliphatic heterocycles. The van der Waals surface area contributed by atoms with Crippen molar-refractivity contribution in [3.8, 4) is 11.4 Å². The quantitative estimate of drug-likeness (QED) is 0.912. The Morgan fingerprint density at radius 1 is 1.26 bits per heavy atom. The molecule has 0 bridgehead atoms. The third-order valence-electron chi connectivity index (χ3n) is 3.27. The molecule has 2 heterocycles. The highest BCUT2D eigenvalue weighted by Gasteiger charge is 2.29. The van der Waals surface area contributed by atoms with Crippen LogP contribution in [0.2, 0.25) is 5.02 Å². The largest absolute Gasteiger partial charge is 0.381 e. The van der Waals surface area contributed by atoms with Gasteiger partial charge in [-0.1, -0.05) is 16.8 Å². The van der Waals surface area contributed by atoms with E-state index in [1.165, 1.54) is 0 Å². The molecule has 0 radical (unpaired) electrons. The Morgan fingerprint density at radius 3 is 2.79 bits per heavy atom. The summed E-state index contributed by atoms with van der Waals surface area (Å²) in [6.45, 7) is 1.22. The SMILES string of the molecule is NC1CCOCC1c1nc(-c2ccc(Cl)cc2)no1. The van der Waals surface area contributed by atoms with E-state index in [1.807, 2.05) is 12.1 Å². The van der Waals surface area contributed by atoms with Crippen LogP contribution in [0.15, 0.2) is 28.8 Å². The van der Waals surface area contributed by atoms with E-state index in [4.69, 9.17) is 26.6 Å². The molecule has 1 fully saturated rings. The van der Waals surface area contributed by atoms with Crippen LogP contribution in [-0.4, -0.2) is 29.4 Å². The van der Waals surface area contributed by atoms with E-state index in [0.29, 0.717) is 30.0 Å². The first-order valence-corrected chi connectivity index (χ1v) is 6.55. The number of rotatable bonds is 2. The summed E-state index contributed by atoms with van der Waals surface area (Å²) >= 11 is 5.85. The first kappa shape index (κ1) is 12.6. The van der Waals surface area contributed by atoms with Gasteiger partial charge in [0.25, 0.3) is 0 Å². The number of nitrogens with two attached hydrogens (primary N) is 1. The Balaban J connectivity index is 1.84. The van der Waals surface area contributed by atoms with E-state index < -0.39 is 0 Å². The fraction of sp³-hybridized carbons (Fsp3) is 0.385. The maximum atomic E-state index is 6.05. The van der Waals surface area contributed by atoms with Crippen LogP contribution in [0.5, 0.6) is 0 Å². The normalized spacial score (nSPS) is 23.5. The van der Waals surface area contributed by atoms with Gasteiger partial charge in [0.15, 0.2) is 0 Å². The zero-order valence-electron chi connectivity index (χ0n) is 10.3. The lowest BCUT2D eigenvalue weighted by molar-refractivity contribution is 0.0590. The van der Waals surface area contributed by atoms with Crippen LogP contribution in [-0.2, 0) is 4.74 Å². The predicted molar refractivity (Wildman–Crippen MR) is 70.9 cm³/mol. The van der Waals surface area contributed by atoms with Crippen molar-refractivity contribution in [1.82, 2.24) is 10.1 Å². The minimum absolute atomic E-state index is 0.00673. The van der Waals surface area contributed by atoms with E-state index in [-0.39, 0.29) is 12.0 Å². The van der Waals surface area contributed by atoms with Gasteiger partial charge in [-0.2, -0.15) is 4.98 Å². The zero-order chi connectivity index (χ0) is 13.2. The van der Waals surface area contributed by atoms with E-state index in [0.717, 1.165) is 12.0 Å². The molecule has 1 saturated heterocycles. The highest BCUT2D eigenvalue weighted by Crippen LogP contribution is 2.26. The number of ether oxygens (including phenoxy) is 1. The summed E-state index contributed by atoms with van der Waals surface area (Å²) < 4.78 is 10.7. The Hall–Kier alpha value is -1.43. The molecule has 2 atom stereocenters. The molecule has 2 N–H and O–H groups in total. The predicted octanol–water partition coefficient (Wildman–Crippen LogP) is 2.22. The van der Waals surface area contributed by atoms with Gasteiger partial charge in [0, 0.05) is 23.2 Å². The highest BCUT2D eigenvalue weighted by atomic mass is 35.5. The third kappa shape index (κ3) is 2.63. The Labute approximate surface area is 115 Å². The molecule has 0 aliphatic carbocycles. The molecule has 5 nitrogen and oxygen atoms in total. The van der Waals surface area contributed by atoms with Gasteiger partial charge < -0.3 is 15.0 Å². The second-order valence-corrected chi connectivity index (χ2v) is 5.03. The number of nitrogens with zero attached hydrogens (tertiary/aromatic N) is 2. The van der Waals surface area contributed by atoms with Crippen LogP contribution in [0.3, 0.4) is 0 Å². The third-order valence-corrected chi connectivity index (χ3v) is 3.52. The van der Waals surface area contributed by atoms with E-state index >= 15 is 0 Å². The summed E-state index contributed by atoms with van der Waals surface area (Å²) in [6.07, 6.45) is 0.809. The van der Waals surface area contributed by atoms with Crippen LogP contribution in [0.1, 0.15) is 18.2 Å².